The van der Waals surface area contributed by atoms with E-state index in [9.17, 15) is 19.3 Å². The van der Waals surface area contributed by atoms with E-state index < -0.39 is 10.9 Å². The quantitative estimate of drug-likeness (QED) is 0.164. The molecule has 0 N–H and O–H groups in total. The number of hydrogen-bond acceptors (Lipinski definition) is 7. The van der Waals surface area contributed by atoms with Crippen LogP contribution < -0.4 is 9.47 Å². The van der Waals surface area contributed by atoms with Gasteiger partial charge >= 0.3 is 5.97 Å². The molecule has 0 radical (unpaired) electrons. The molecule has 0 saturated carbocycles. The minimum absolute atomic E-state index is 0.00673. The SMILES string of the molecule is COc1cc(/C=C2\N=C(c3cccc([N+](=O)[O-])c3C)OC2=O)cc(Br)c1OCc1ccc(F)cc1. The molecule has 0 aromatic heterocycles. The van der Waals surface area contributed by atoms with E-state index in [-0.39, 0.29) is 29.7 Å². The molecule has 1 aliphatic heterocycles. The first-order chi connectivity index (χ1) is 16.8. The van der Waals surface area contributed by atoms with E-state index >= 15 is 0 Å². The van der Waals surface area contributed by atoms with E-state index in [2.05, 4.69) is 20.9 Å². The molecule has 0 aliphatic carbocycles. The molecule has 0 spiro atoms. The topological polar surface area (TPSA) is 100 Å². The van der Waals surface area contributed by atoms with Crippen molar-refractivity contribution >= 4 is 39.6 Å². The molecule has 0 amide bonds. The van der Waals surface area contributed by atoms with Crippen LogP contribution in [0.4, 0.5) is 10.1 Å². The third-order valence-electron chi connectivity index (χ3n) is 5.20. The lowest BCUT2D eigenvalue weighted by molar-refractivity contribution is -0.385. The van der Waals surface area contributed by atoms with Crippen LogP contribution in [0.25, 0.3) is 6.08 Å². The maximum atomic E-state index is 13.1. The smallest absolute Gasteiger partial charge is 0.363 e. The second-order valence-electron chi connectivity index (χ2n) is 7.49. The van der Waals surface area contributed by atoms with Gasteiger partial charge in [-0.1, -0.05) is 18.2 Å². The van der Waals surface area contributed by atoms with Crippen LogP contribution in [-0.2, 0) is 16.1 Å². The Kier molecular flexibility index (Phi) is 6.92. The summed E-state index contributed by atoms with van der Waals surface area (Å²) in [6.07, 6.45) is 1.51. The number of nitro benzene ring substituents is 1. The number of nitrogens with zero attached hydrogens (tertiary/aromatic N) is 2. The van der Waals surface area contributed by atoms with Crippen molar-refractivity contribution in [3.8, 4) is 11.5 Å². The predicted molar refractivity (Wildman–Crippen MR) is 130 cm³/mol. The Morgan fingerprint density at radius 3 is 2.63 bits per heavy atom. The molecule has 35 heavy (non-hydrogen) atoms. The summed E-state index contributed by atoms with van der Waals surface area (Å²) in [4.78, 5) is 27.4. The number of carbonyl (C=O) groups excluding carboxylic acids is 1. The van der Waals surface area contributed by atoms with Gasteiger partial charge in [0.2, 0.25) is 5.90 Å². The Hall–Kier alpha value is -4.05. The average molecular weight is 541 g/mol. The van der Waals surface area contributed by atoms with E-state index in [0.717, 1.165) is 5.56 Å². The fraction of sp³-hybridized carbons (Fsp3) is 0.120. The number of carbonyl (C=O) groups is 1. The van der Waals surface area contributed by atoms with Gasteiger partial charge in [0.05, 0.1) is 16.5 Å². The number of cyclic esters (lactones) is 1. The van der Waals surface area contributed by atoms with Gasteiger partial charge in [0, 0.05) is 17.2 Å². The Labute approximate surface area is 207 Å². The highest BCUT2D eigenvalue weighted by atomic mass is 79.9. The Balaban J connectivity index is 1.61. The van der Waals surface area contributed by atoms with Gasteiger partial charge in [-0.2, -0.15) is 0 Å². The molecule has 0 bridgehead atoms. The lowest BCUT2D eigenvalue weighted by atomic mass is 10.1. The van der Waals surface area contributed by atoms with Gasteiger partial charge in [-0.3, -0.25) is 10.1 Å². The summed E-state index contributed by atoms with van der Waals surface area (Å²) < 4.78 is 30.3. The molecule has 178 valence electrons. The monoisotopic (exact) mass is 540 g/mol. The predicted octanol–water partition coefficient (Wildman–Crippen LogP) is 5.74. The van der Waals surface area contributed by atoms with Gasteiger partial charge in [-0.25, -0.2) is 14.2 Å². The van der Waals surface area contributed by atoms with Gasteiger partial charge in [-0.15, -0.1) is 0 Å². The average Bonchev–Trinajstić information content (AvgIpc) is 3.18. The molecule has 4 rings (SSSR count). The number of nitro groups is 1. The Morgan fingerprint density at radius 1 is 1.20 bits per heavy atom. The maximum Gasteiger partial charge on any atom is 0.363 e. The van der Waals surface area contributed by atoms with Crippen molar-refractivity contribution in [1.29, 1.82) is 0 Å². The lowest BCUT2D eigenvalue weighted by Gasteiger charge is -2.13. The highest BCUT2D eigenvalue weighted by Gasteiger charge is 2.27. The lowest BCUT2D eigenvalue weighted by Crippen LogP contribution is -2.08. The van der Waals surface area contributed by atoms with Crippen molar-refractivity contribution in [2.45, 2.75) is 13.5 Å². The molecule has 0 fully saturated rings. The summed E-state index contributed by atoms with van der Waals surface area (Å²) in [5.41, 5.74) is 1.99. The fourth-order valence-corrected chi connectivity index (χ4v) is 4.01. The molecular formula is C25H18BrFN2O6. The van der Waals surface area contributed by atoms with Crippen molar-refractivity contribution in [2.75, 3.05) is 7.11 Å². The van der Waals surface area contributed by atoms with E-state index in [1.54, 1.807) is 37.3 Å². The molecule has 0 unspecified atom stereocenters. The van der Waals surface area contributed by atoms with E-state index in [0.29, 0.717) is 32.7 Å². The summed E-state index contributed by atoms with van der Waals surface area (Å²) in [5, 5.41) is 11.2. The standard InChI is InChI=1S/C25H18BrFN2O6/c1-14-18(4-3-5-21(14)29(31)32)24-28-20(25(30)35-24)11-16-10-19(26)23(22(12-16)33-2)34-13-15-6-8-17(27)9-7-15/h3-12H,13H2,1-2H3/b20-11-. The largest absolute Gasteiger partial charge is 0.493 e. The minimum Gasteiger partial charge on any atom is -0.493 e. The summed E-state index contributed by atoms with van der Waals surface area (Å²) >= 11 is 3.46. The number of esters is 1. The van der Waals surface area contributed by atoms with E-state index in [1.165, 1.54) is 37.5 Å². The van der Waals surface area contributed by atoms with Crippen LogP contribution in [0.15, 0.2) is 69.8 Å². The normalized spacial score (nSPS) is 14.0. The van der Waals surface area contributed by atoms with Crippen LogP contribution in [-0.4, -0.2) is 23.9 Å². The molecule has 1 heterocycles. The summed E-state index contributed by atoms with van der Waals surface area (Å²) in [6.45, 7) is 1.76. The van der Waals surface area contributed by atoms with Crippen LogP contribution in [0.5, 0.6) is 11.5 Å². The number of halogens is 2. The van der Waals surface area contributed by atoms with Crippen molar-refractivity contribution < 1.29 is 28.3 Å². The summed E-state index contributed by atoms with van der Waals surface area (Å²) in [7, 11) is 1.48. The van der Waals surface area contributed by atoms with Crippen molar-refractivity contribution in [2.24, 2.45) is 4.99 Å². The highest BCUT2D eigenvalue weighted by Crippen LogP contribution is 2.38. The summed E-state index contributed by atoms with van der Waals surface area (Å²) in [6, 6.07) is 13.8. The molecule has 8 nitrogen and oxygen atoms in total. The zero-order valence-electron chi connectivity index (χ0n) is 18.6. The van der Waals surface area contributed by atoms with Gasteiger partial charge in [0.25, 0.3) is 5.69 Å². The Morgan fingerprint density at radius 2 is 1.94 bits per heavy atom. The Bertz CT molecular complexity index is 1390. The first-order valence-corrected chi connectivity index (χ1v) is 11.1. The minimum atomic E-state index is -0.683. The van der Waals surface area contributed by atoms with E-state index in [4.69, 9.17) is 14.2 Å². The van der Waals surface area contributed by atoms with Crippen molar-refractivity contribution in [3.05, 3.63) is 103 Å². The van der Waals surface area contributed by atoms with Crippen LogP contribution in [0.1, 0.15) is 22.3 Å². The zero-order valence-corrected chi connectivity index (χ0v) is 20.2. The van der Waals surface area contributed by atoms with Crippen LogP contribution in [0, 0.1) is 22.9 Å². The highest BCUT2D eigenvalue weighted by molar-refractivity contribution is 9.10. The van der Waals surface area contributed by atoms with E-state index in [1.807, 2.05) is 0 Å². The fourth-order valence-electron chi connectivity index (χ4n) is 3.43. The zero-order chi connectivity index (χ0) is 25.1. The number of rotatable bonds is 7. The van der Waals surface area contributed by atoms with Crippen molar-refractivity contribution in [1.82, 2.24) is 0 Å². The molecule has 3 aromatic rings. The molecule has 3 aromatic carbocycles. The maximum absolute atomic E-state index is 13.1. The molecule has 0 atom stereocenters. The number of benzene rings is 3. The first kappa shape index (κ1) is 24.1. The molecule has 1 aliphatic rings. The molecule has 0 saturated heterocycles. The molecular weight excluding hydrogens is 523 g/mol. The van der Waals surface area contributed by atoms with Crippen LogP contribution in [0.3, 0.4) is 0 Å². The van der Waals surface area contributed by atoms with Gasteiger partial charge in [0.15, 0.2) is 17.2 Å². The number of hydrogen-bond donors (Lipinski definition) is 0. The third kappa shape index (κ3) is 5.22. The number of methoxy groups -OCH3 is 1. The van der Waals surface area contributed by atoms with Crippen LogP contribution in [0.2, 0.25) is 0 Å². The van der Waals surface area contributed by atoms with Gasteiger partial charge < -0.3 is 14.2 Å². The third-order valence-corrected chi connectivity index (χ3v) is 5.79. The van der Waals surface area contributed by atoms with Crippen LogP contribution >= 0.6 is 15.9 Å². The first-order valence-electron chi connectivity index (χ1n) is 10.3. The second kappa shape index (κ2) is 10.1. The van der Waals surface area contributed by atoms with Gasteiger partial charge in [0.1, 0.15) is 12.4 Å². The van der Waals surface area contributed by atoms with Gasteiger partial charge in [-0.05, 0) is 70.4 Å². The second-order valence-corrected chi connectivity index (χ2v) is 8.35. The van der Waals surface area contributed by atoms with Crippen molar-refractivity contribution in [3.63, 3.8) is 0 Å². The number of aliphatic imine (C=N–C) groups is 1. The summed E-state index contributed by atoms with van der Waals surface area (Å²) in [5.74, 6) is -0.185. The molecule has 10 heteroatoms. The number of ether oxygens (including phenoxy) is 3.